The molecule has 3 fully saturated rings. The fraction of sp³-hybridized carbons (Fsp3) is 0.611. The first-order valence-corrected chi connectivity index (χ1v) is 9.27. The largest absolute Gasteiger partial charge is 0.425 e. The van der Waals surface area contributed by atoms with Gasteiger partial charge in [-0.3, -0.25) is 0 Å². The van der Waals surface area contributed by atoms with Gasteiger partial charge >= 0.3 is 5.97 Å². The molecule has 26 heavy (non-hydrogen) atoms. The van der Waals surface area contributed by atoms with Crippen molar-refractivity contribution in [1.82, 2.24) is 0 Å². The van der Waals surface area contributed by atoms with Crippen molar-refractivity contribution in [3.05, 3.63) is 28.7 Å². The van der Waals surface area contributed by atoms with Crippen molar-refractivity contribution in [2.24, 2.45) is 0 Å². The van der Waals surface area contributed by atoms with Crippen molar-refractivity contribution in [2.75, 3.05) is 0 Å². The number of esters is 1. The lowest BCUT2D eigenvalue weighted by molar-refractivity contribution is -0.236. The Hall–Kier alpha value is -1.03. The van der Waals surface area contributed by atoms with Gasteiger partial charge in [0.15, 0.2) is 24.0 Å². The number of benzene rings is 1. The summed E-state index contributed by atoms with van der Waals surface area (Å²) in [7, 11) is 0. The smallest absolute Gasteiger partial charge is 0.343 e. The lowest BCUT2D eigenvalue weighted by Gasteiger charge is -2.35. The molecule has 0 amide bonds. The highest BCUT2D eigenvalue weighted by Crippen LogP contribution is 2.44. The van der Waals surface area contributed by atoms with Crippen molar-refractivity contribution >= 4 is 21.9 Å². The van der Waals surface area contributed by atoms with E-state index >= 15 is 0 Å². The van der Waals surface area contributed by atoms with Gasteiger partial charge in [-0.1, -0.05) is 15.9 Å². The molecule has 1 aromatic rings. The first-order valence-electron chi connectivity index (χ1n) is 8.48. The first kappa shape index (κ1) is 18.3. The number of carbonyl (C=O) groups is 1. The number of carbonyl (C=O) groups excluding carboxylic acids is 1. The molecule has 1 aromatic carbocycles. The second-order valence-corrected chi connectivity index (χ2v) is 8.38. The highest BCUT2D eigenvalue weighted by molar-refractivity contribution is 9.10. The van der Waals surface area contributed by atoms with Crippen LogP contribution in [0.2, 0.25) is 0 Å². The zero-order valence-electron chi connectivity index (χ0n) is 14.9. The fourth-order valence-corrected chi connectivity index (χ4v) is 3.74. The van der Waals surface area contributed by atoms with Gasteiger partial charge in [0, 0.05) is 4.47 Å². The molecule has 3 saturated heterocycles. The van der Waals surface area contributed by atoms with Crippen molar-refractivity contribution in [2.45, 2.75) is 70.0 Å². The lowest BCUT2D eigenvalue weighted by Crippen LogP contribution is -2.58. The highest BCUT2D eigenvalue weighted by Gasteiger charge is 2.62. The van der Waals surface area contributed by atoms with Crippen LogP contribution in [0, 0.1) is 0 Å². The summed E-state index contributed by atoms with van der Waals surface area (Å²) in [6, 6.07) is 6.97. The van der Waals surface area contributed by atoms with Gasteiger partial charge in [0.2, 0.25) is 0 Å². The summed E-state index contributed by atoms with van der Waals surface area (Å²) in [6.45, 7) is 7.16. The van der Waals surface area contributed by atoms with E-state index in [1.54, 1.807) is 52.0 Å². The average Bonchev–Trinajstić information content (AvgIpc) is 3.02. The third kappa shape index (κ3) is 3.42. The monoisotopic (exact) mass is 428 g/mol. The summed E-state index contributed by atoms with van der Waals surface area (Å²) >= 11 is 3.35. The van der Waals surface area contributed by atoms with Gasteiger partial charge in [0.25, 0.3) is 0 Å². The Bertz CT molecular complexity index is 702. The predicted octanol–water partition coefficient (Wildman–Crippen LogP) is 2.75. The summed E-state index contributed by atoms with van der Waals surface area (Å²) in [4.78, 5) is 12.8. The maximum atomic E-state index is 12.8. The van der Waals surface area contributed by atoms with Crippen LogP contribution in [0.25, 0.3) is 0 Å². The molecule has 0 aliphatic carbocycles. The van der Waals surface area contributed by atoms with E-state index in [0.717, 1.165) is 4.47 Å². The minimum absolute atomic E-state index is 0.419. The zero-order valence-corrected chi connectivity index (χ0v) is 16.5. The summed E-state index contributed by atoms with van der Waals surface area (Å²) in [5, 5.41) is 0. The molecule has 0 spiro atoms. The molecule has 4 rings (SSSR count). The number of halogens is 1. The Balaban J connectivity index is 1.57. The van der Waals surface area contributed by atoms with Crippen LogP contribution in [-0.2, 0) is 28.5 Å². The molecular weight excluding hydrogens is 408 g/mol. The van der Waals surface area contributed by atoms with Crippen molar-refractivity contribution < 1.29 is 33.2 Å². The highest BCUT2D eigenvalue weighted by atomic mass is 79.9. The van der Waals surface area contributed by atoms with E-state index in [1.165, 1.54) is 0 Å². The fourth-order valence-electron chi connectivity index (χ4n) is 3.48. The molecule has 0 N–H and O–H groups in total. The lowest BCUT2D eigenvalue weighted by atomic mass is 9.99. The minimum atomic E-state index is -0.982. The van der Waals surface area contributed by atoms with Crippen LogP contribution in [0.15, 0.2) is 28.7 Å². The number of hydrogen-bond donors (Lipinski definition) is 0. The molecule has 5 atom stereocenters. The van der Waals surface area contributed by atoms with Gasteiger partial charge in [-0.2, -0.15) is 0 Å². The van der Waals surface area contributed by atoms with E-state index in [1.807, 2.05) is 0 Å². The Labute approximate surface area is 160 Å². The van der Waals surface area contributed by atoms with Gasteiger partial charge in [-0.15, -0.1) is 0 Å². The molecule has 0 saturated carbocycles. The molecule has 142 valence electrons. The minimum Gasteiger partial charge on any atom is -0.425 e. The topological polar surface area (TPSA) is 72.5 Å². The van der Waals surface area contributed by atoms with Crippen LogP contribution in [0.5, 0.6) is 5.75 Å². The predicted molar refractivity (Wildman–Crippen MR) is 92.3 cm³/mol. The van der Waals surface area contributed by atoms with Crippen LogP contribution in [0.3, 0.4) is 0 Å². The van der Waals surface area contributed by atoms with Gasteiger partial charge in [-0.05, 0) is 52.0 Å². The van der Waals surface area contributed by atoms with Crippen LogP contribution in [0.4, 0.5) is 0 Å². The van der Waals surface area contributed by atoms with Crippen LogP contribution >= 0.6 is 15.9 Å². The third-order valence-corrected chi connectivity index (χ3v) is 4.95. The average molecular weight is 429 g/mol. The maximum Gasteiger partial charge on any atom is 0.343 e. The molecule has 8 heteroatoms. The van der Waals surface area contributed by atoms with Crippen molar-refractivity contribution in [1.29, 1.82) is 0 Å². The van der Waals surface area contributed by atoms with E-state index in [2.05, 4.69) is 15.9 Å². The Morgan fingerprint density at radius 1 is 0.923 bits per heavy atom. The summed E-state index contributed by atoms with van der Waals surface area (Å²) < 4.78 is 35.8. The first-order chi connectivity index (χ1) is 12.1. The van der Waals surface area contributed by atoms with E-state index in [0.29, 0.717) is 5.75 Å². The van der Waals surface area contributed by atoms with Crippen LogP contribution < -0.4 is 4.74 Å². The molecule has 0 radical (unpaired) electrons. The standard InChI is InChI=1S/C18H21BrO7/c1-17(2)23-11-12(24-17)14-16(26-18(3,4)25-14)22-13(11)15(20)21-10-7-5-9(19)6-8-10/h5-8,11-14,16H,1-4H3/t11-,12+,13+,14-,16-/m1/s1. The van der Waals surface area contributed by atoms with Crippen molar-refractivity contribution in [3.63, 3.8) is 0 Å². The van der Waals surface area contributed by atoms with Crippen molar-refractivity contribution in [3.8, 4) is 5.75 Å². The quantitative estimate of drug-likeness (QED) is 0.529. The molecule has 3 aliphatic heterocycles. The second kappa shape index (κ2) is 6.25. The zero-order chi connectivity index (χ0) is 18.7. The molecule has 0 aromatic heterocycles. The summed E-state index contributed by atoms with van der Waals surface area (Å²) in [6.07, 6.45) is -3.33. The normalized spacial score (nSPS) is 37.0. The van der Waals surface area contributed by atoms with Gasteiger partial charge in [-0.25, -0.2) is 4.79 Å². The van der Waals surface area contributed by atoms with Crippen LogP contribution in [-0.4, -0.2) is 48.2 Å². The molecular formula is C18H21BrO7. The summed E-state index contributed by atoms with van der Waals surface area (Å²) in [5.74, 6) is -1.83. The van der Waals surface area contributed by atoms with Gasteiger partial charge < -0.3 is 28.4 Å². The summed E-state index contributed by atoms with van der Waals surface area (Å²) in [5.41, 5.74) is 0. The van der Waals surface area contributed by atoms with Gasteiger partial charge in [0.05, 0.1) is 0 Å². The van der Waals surface area contributed by atoms with E-state index in [-0.39, 0.29) is 0 Å². The number of fused-ring (bicyclic) bond motifs is 3. The molecule has 0 unspecified atom stereocenters. The maximum absolute atomic E-state index is 12.8. The van der Waals surface area contributed by atoms with Crippen LogP contribution in [0.1, 0.15) is 27.7 Å². The molecule has 3 heterocycles. The molecule has 3 aliphatic rings. The van der Waals surface area contributed by atoms with Gasteiger partial charge in [0.1, 0.15) is 24.1 Å². The number of rotatable bonds is 2. The van der Waals surface area contributed by atoms with E-state index < -0.39 is 48.2 Å². The molecule has 0 bridgehead atoms. The van der Waals surface area contributed by atoms with E-state index in [9.17, 15) is 4.79 Å². The number of hydrogen-bond acceptors (Lipinski definition) is 7. The second-order valence-electron chi connectivity index (χ2n) is 7.47. The Kier molecular flexibility index (Phi) is 4.41. The molecule has 7 nitrogen and oxygen atoms in total. The SMILES string of the molecule is CC1(C)O[C@H]2[C@@H](O1)[C@@H](C(=O)Oc1ccc(Br)cc1)O[C@@H]1OC(C)(C)O[C@@H]12. The van der Waals surface area contributed by atoms with E-state index in [4.69, 9.17) is 28.4 Å². The third-order valence-electron chi connectivity index (χ3n) is 4.42. The Morgan fingerprint density at radius 2 is 1.50 bits per heavy atom. The Morgan fingerprint density at radius 3 is 2.19 bits per heavy atom. The number of ether oxygens (including phenoxy) is 6.